The second-order valence-electron chi connectivity index (χ2n) is 16.7. The van der Waals surface area contributed by atoms with E-state index in [4.69, 9.17) is 0 Å². The van der Waals surface area contributed by atoms with Gasteiger partial charge in [-0.3, -0.25) is 0 Å². The topological polar surface area (TPSA) is 9.72 Å². The molecule has 2 aliphatic rings. The zero-order valence-electron chi connectivity index (χ0n) is 35.6. The Balaban J connectivity index is 0.987. The molecule has 2 aliphatic carbocycles. The monoisotopic (exact) mass is 789 g/mol. The van der Waals surface area contributed by atoms with Crippen LogP contribution in [0.5, 0.6) is 0 Å². The molecule has 0 aromatic heterocycles. The summed E-state index contributed by atoms with van der Waals surface area (Å²) in [6, 6.07) is 63.0. The maximum atomic E-state index is 2.46. The molecule has 0 unspecified atom stereocenters. The third kappa shape index (κ3) is 7.42. The van der Waals surface area contributed by atoms with Gasteiger partial charge in [-0.1, -0.05) is 121 Å². The van der Waals surface area contributed by atoms with Crippen molar-refractivity contribution in [1.29, 1.82) is 0 Å². The van der Waals surface area contributed by atoms with Crippen LogP contribution in [0.4, 0.5) is 39.8 Å². The molecule has 0 atom stereocenters. The van der Waals surface area contributed by atoms with Gasteiger partial charge >= 0.3 is 0 Å². The van der Waals surface area contributed by atoms with Gasteiger partial charge in [-0.05, 0) is 174 Å². The summed E-state index contributed by atoms with van der Waals surface area (Å²) in [5, 5.41) is 2.72. The Bertz CT molecular complexity index is 2970. The fraction of sp³-hybridized carbons (Fsp3) is 0.138. The highest BCUT2D eigenvalue weighted by atomic mass is 15.2. The van der Waals surface area contributed by atoms with Crippen molar-refractivity contribution >= 4 is 56.2 Å². The Morgan fingerprint density at radius 3 is 1.72 bits per heavy atom. The van der Waals surface area contributed by atoms with Crippen molar-refractivity contribution in [3.8, 4) is 11.1 Å². The van der Waals surface area contributed by atoms with Gasteiger partial charge in [0.15, 0.2) is 0 Å². The van der Waals surface area contributed by atoms with Gasteiger partial charge in [0.05, 0.1) is 5.69 Å². The minimum absolute atomic E-state index is 0.865. The van der Waals surface area contributed by atoms with Crippen molar-refractivity contribution in [2.45, 2.75) is 47.1 Å². The number of anilines is 7. The van der Waals surface area contributed by atoms with Gasteiger partial charge in [0.1, 0.15) is 0 Å². The summed E-state index contributed by atoms with van der Waals surface area (Å²) in [6.45, 7) is 10.5. The molecule has 298 valence electrons. The van der Waals surface area contributed by atoms with E-state index >= 15 is 0 Å². The van der Waals surface area contributed by atoms with Gasteiger partial charge in [-0.15, -0.1) is 0 Å². The number of hydrogen-bond donors (Lipinski definition) is 0. The quantitative estimate of drug-likeness (QED) is 0.129. The summed E-state index contributed by atoms with van der Waals surface area (Å²) >= 11 is 0. The normalized spacial score (nSPS) is 12.6. The second-order valence-corrected chi connectivity index (χ2v) is 16.7. The van der Waals surface area contributed by atoms with Gasteiger partial charge < -0.3 is 14.7 Å². The van der Waals surface area contributed by atoms with E-state index < -0.39 is 0 Å². The fourth-order valence-electron chi connectivity index (χ4n) is 9.48. The molecule has 0 amide bonds. The Labute approximate surface area is 361 Å². The van der Waals surface area contributed by atoms with Crippen LogP contribution < -0.4 is 14.7 Å². The van der Waals surface area contributed by atoms with E-state index in [1.165, 1.54) is 83.5 Å². The molecule has 0 heterocycles. The number of rotatable bonds is 11. The van der Waals surface area contributed by atoms with Crippen LogP contribution in [-0.4, -0.2) is 6.54 Å². The smallest absolute Gasteiger partial charge is 0.0503 e. The molecule has 0 bridgehead atoms. The van der Waals surface area contributed by atoms with Crippen LogP contribution in [0.2, 0.25) is 0 Å². The molecule has 0 aliphatic heterocycles. The standard InChI is InChI=1S/C58H51N3/c1-5-59(39-43-14-6-11-40(2)35-43)51-17-10-20-54(38-51)60(52-18-7-12-41(3)36-52)49-29-23-44(24-30-49)45-25-31-50(32-26-45)61(53-19-8-13-42(4)37-53)56-34-28-48-22-21-46-15-9-16-47-27-33-55(56)58(48)57(46)47/h6-14,16-32,34-38H,5,15,33,39H2,1-4H3. The van der Waals surface area contributed by atoms with Crippen LogP contribution in [0.3, 0.4) is 0 Å². The van der Waals surface area contributed by atoms with Crippen molar-refractivity contribution < 1.29 is 0 Å². The zero-order valence-corrected chi connectivity index (χ0v) is 35.6. The van der Waals surface area contributed by atoms with Crippen molar-refractivity contribution in [3.63, 3.8) is 0 Å². The number of benzene rings is 8. The van der Waals surface area contributed by atoms with Crippen molar-refractivity contribution in [3.05, 3.63) is 227 Å². The van der Waals surface area contributed by atoms with Gasteiger partial charge in [0.25, 0.3) is 0 Å². The maximum absolute atomic E-state index is 2.46. The second kappa shape index (κ2) is 16.2. The third-order valence-electron chi connectivity index (χ3n) is 12.4. The van der Waals surface area contributed by atoms with Crippen LogP contribution in [-0.2, 0) is 19.4 Å². The molecule has 61 heavy (non-hydrogen) atoms. The van der Waals surface area contributed by atoms with Crippen molar-refractivity contribution in [2.24, 2.45) is 0 Å². The molecule has 0 N–H and O–H groups in total. The highest BCUT2D eigenvalue weighted by Crippen LogP contribution is 2.46. The molecule has 0 saturated heterocycles. The predicted molar refractivity (Wildman–Crippen MR) is 261 cm³/mol. The Morgan fingerprint density at radius 2 is 1.07 bits per heavy atom. The van der Waals surface area contributed by atoms with Crippen LogP contribution in [0.15, 0.2) is 188 Å². The van der Waals surface area contributed by atoms with E-state index in [0.29, 0.717) is 0 Å². The Morgan fingerprint density at radius 1 is 0.492 bits per heavy atom. The zero-order chi connectivity index (χ0) is 41.5. The van der Waals surface area contributed by atoms with Gasteiger partial charge in [0.2, 0.25) is 0 Å². The molecule has 0 saturated carbocycles. The van der Waals surface area contributed by atoms with Crippen molar-refractivity contribution in [1.82, 2.24) is 0 Å². The maximum Gasteiger partial charge on any atom is 0.0503 e. The summed E-state index contributed by atoms with van der Waals surface area (Å²) < 4.78 is 0. The molecule has 8 aromatic rings. The molecular formula is C58H51N3. The van der Waals surface area contributed by atoms with E-state index in [0.717, 1.165) is 48.7 Å². The molecule has 3 nitrogen and oxygen atoms in total. The van der Waals surface area contributed by atoms with Crippen LogP contribution in [0, 0.1) is 20.8 Å². The van der Waals surface area contributed by atoms with E-state index in [9.17, 15) is 0 Å². The van der Waals surface area contributed by atoms with E-state index in [-0.39, 0.29) is 0 Å². The summed E-state index contributed by atoms with van der Waals surface area (Å²) in [7, 11) is 0. The van der Waals surface area contributed by atoms with Gasteiger partial charge in [-0.25, -0.2) is 0 Å². The fourth-order valence-corrected chi connectivity index (χ4v) is 9.48. The lowest BCUT2D eigenvalue weighted by atomic mass is 9.81. The average molecular weight is 790 g/mol. The van der Waals surface area contributed by atoms with Crippen LogP contribution in [0.1, 0.15) is 45.9 Å². The first-order valence-electron chi connectivity index (χ1n) is 21.7. The van der Waals surface area contributed by atoms with Gasteiger partial charge in [0, 0.05) is 47.2 Å². The summed E-state index contributed by atoms with van der Waals surface area (Å²) in [4.78, 5) is 7.29. The highest BCUT2D eigenvalue weighted by molar-refractivity contribution is 6.05. The number of hydrogen-bond acceptors (Lipinski definition) is 3. The number of nitrogens with zero attached hydrogens (tertiary/aromatic N) is 3. The first-order chi connectivity index (χ1) is 29.9. The first-order valence-corrected chi connectivity index (χ1v) is 21.7. The summed E-state index contributed by atoms with van der Waals surface area (Å²) in [5.74, 6) is 0. The first kappa shape index (κ1) is 38.1. The summed E-state index contributed by atoms with van der Waals surface area (Å²) in [5.41, 5.74) is 21.2. The lowest BCUT2D eigenvalue weighted by molar-refractivity contribution is 0.831. The molecule has 3 heteroatoms. The summed E-state index contributed by atoms with van der Waals surface area (Å²) in [6.07, 6.45) is 8.93. The third-order valence-corrected chi connectivity index (χ3v) is 12.4. The Hall–Kier alpha value is -7.10. The highest BCUT2D eigenvalue weighted by Gasteiger charge is 2.25. The van der Waals surface area contributed by atoms with E-state index in [1.54, 1.807) is 0 Å². The SMILES string of the molecule is CCN(Cc1cccc(C)c1)c1cccc(N(c2ccc(-c3ccc(N(c4cccc(C)c4)c4ccc5ccc6c7c5c4CC=C7C=CC6)cc3)cc2)c2cccc(C)c2)c1. The Kier molecular flexibility index (Phi) is 10.1. The van der Waals surface area contributed by atoms with E-state index in [2.05, 4.69) is 230 Å². The van der Waals surface area contributed by atoms with Gasteiger partial charge in [-0.2, -0.15) is 0 Å². The molecular weight excluding hydrogens is 739 g/mol. The van der Waals surface area contributed by atoms with Crippen molar-refractivity contribution in [2.75, 3.05) is 21.2 Å². The molecule has 0 spiro atoms. The van der Waals surface area contributed by atoms with Crippen LogP contribution >= 0.6 is 0 Å². The molecule has 8 aromatic carbocycles. The van der Waals surface area contributed by atoms with E-state index in [1.807, 2.05) is 0 Å². The number of aryl methyl sites for hydroxylation is 3. The lowest BCUT2D eigenvalue weighted by Crippen LogP contribution is -2.22. The number of allylic oxidation sites excluding steroid dienone is 4. The molecule has 10 rings (SSSR count). The molecule has 0 fully saturated rings. The largest absolute Gasteiger partial charge is 0.367 e. The molecule has 0 radical (unpaired) electrons. The minimum Gasteiger partial charge on any atom is -0.367 e. The lowest BCUT2D eigenvalue weighted by Gasteiger charge is -2.31. The predicted octanol–water partition coefficient (Wildman–Crippen LogP) is 15.4. The average Bonchev–Trinajstić information content (AvgIpc) is 3.29. The minimum atomic E-state index is 0.865. The van der Waals surface area contributed by atoms with Crippen LogP contribution in [0.25, 0.3) is 27.5 Å².